The summed E-state index contributed by atoms with van der Waals surface area (Å²) in [5.74, 6) is 2.73. The molecule has 1 aliphatic rings. The zero-order valence-electron chi connectivity index (χ0n) is 17.5. The standard InChI is InChI=1S/C22H37N3O2S/c1-3-23-22(24-15-14-21(27-4-2)20-12-8-9-13-20)25-16-17-28(26)18-19-10-6-5-7-11-19/h5-7,10-11,20-21H,3-4,8-9,12-18H2,1-2H3,(H2,23,24,25). The van der Waals surface area contributed by atoms with Crippen molar-refractivity contribution in [2.45, 2.75) is 57.8 Å². The van der Waals surface area contributed by atoms with Gasteiger partial charge in [-0.15, -0.1) is 0 Å². The quantitative estimate of drug-likeness (QED) is 0.411. The topological polar surface area (TPSA) is 62.7 Å². The highest BCUT2D eigenvalue weighted by atomic mass is 32.2. The van der Waals surface area contributed by atoms with Gasteiger partial charge in [0, 0.05) is 48.5 Å². The Labute approximate surface area is 173 Å². The number of nitrogens with one attached hydrogen (secondary N) is 2. The van der Waals surface area contributed by atoms with Crippen LogP contribution in [-0.4, -0.2) is 48.3 Å². The maximum absolute atomic E-state index is 12.3. The molecule has 0 radical (unpaired) electrons. The van der Waals surface area contributed by atoms with E-state index in [2.05, 4.69) is 24.5 Å². The largest absolute Gasteiger partial charge is 0.378 e. The molecule has 2 unspecified atom stereocenters. The van der Waals surface area contributed by atoms with Crippen LogP contribution in [0.4, 0.5) is 0 Å². The Morgan fingerprint density at radius 1 is 1.21 bits per heavy atom. The van der Waals surface area contributed by atoms with Crippen LogP contribution in [-0.2, 0) is 21.3 Å². The fourth-order valence-electron chi connectivity index (χ4n) is 3.76. The Hall–Kier alpha value is -1.40. The third-order valence-corrected chi connectivity index (χ3v) is 6.44. The molecule has 1 aliphatic carbocycles. The van der Waals surface area contributed by atoms with E-state index in [1.165, 1.54) is 25.7 Å². The van der Waals surface area contributed by atoms with Crippen LogP contribution in [0.15, 0.2) is 35.3 Å². The van der Waals surface area contributed by atoms with E-state index >= 15 is 0 Å². The normalized spacial score (nSPS) is 17.4. The van der Waals surface area contributed by atoms with Gasteiger partial charge in [0.1, 0.15) is 0 Å². The van der Waals surface area contributed by atoms with E-state index in [1.807, 2.05) is 30.3 Å². The summed E-state index contributed by atoms with van der Waals surface area (Å²) in [6, 6.07) is 10.0. The van der Waals surface area contributed by atoms with Gasteiger partial charge >= 0.3 is 0 Å². The first-order valence-electron chi connectivity index (χ1n) is 10.8. The Balaban J connectivity index is 1.73. The van der Waals surface area contributed by atoms with E-state index in [-0.39, 0.29) is 0 Å². The highest BCUT2D eigenvalue weighted by molar-refractivity contribution is 7.84. The summed E-state index contributed by atoms with van der Waals surface area (Å²) in [7, 11) is -0.874. The molecule has 2 rings (SSSR count). The van der Waals surface area contributed by atoms with Gasteiger partial charge in [-0.1, -0.05) is 43.2 Å². The summed E-state index contributed by atoms with van der Waals surface area (Å²) in [5.41, 5.74) is 1.12. The van der Waals surface area contributed by atoms with Gasteiger partial charge in [-0.3, -0.25) is 9.20 Å². The van der Waals surface area contributed by atoms with Crippen LogP contribution >= 0.6 is 0 Å². The molecule has 2 N–H and O–H groups in total. The lowest BCUT2D eigenvalue weighted by Gasteiger charge is -2.22. The minimum absolute atomic E-state index is 0.331. The second kappa shape index (κ2) is 13.7. The number of nitrogens with zero attached hydrogens (tertiary/aromatic N) is 1. The van der Waals surface area contributed by atoms with Crippen LogP contribution in [0.2, 0.25) is 0 Å². The van der Waals surface area contributed by atoms with E-state index in [9.17, 15) is 4.21 Å². The van der Waals surface area contributed by atoms with Gasteiger partial charge in [-0.05, 0) is 44.6 Å². The number of rotatable bonds is 12. The van der Waals surface area contributed by atoms with E-state index in [1.54, 1.807) is 0 Å². The summed E-state index contributed by atoms with van der Waals surface area (Å²) in [4.78, 5) is 4.70. The van der Waals surface area contributed by atoms with Gasteiger partial charge < -0.3 is 15.4 Å². The van der Waals surface area contributed by atoms with Crippen molar-refractivity contribution in [1.29, 1.82) is 0 Å². The number of hydrogen-bond donors (Lipinski definition) is 2. The van der Waals surface area contributed by atoms with Crippen LogP contribution in [0.25, 0.3) is 0 Å². The Bertz CT molecular complexity index is 589. The predicted octanol–water partition coefficient (Wildman–Crippen LogP) is 3.48. The molecule has 6 heteroatoms. The third-order valence-electron chi connectivity index (χ3n) is 5.13. The minimum Gasteiger partial charge on any atom is -0.378 e. The van der Waals surface area contributed by atoms with Crippen molar-refractivity contribution in [3.05, 3.63) is 35.9 Å². The highest BCUT2D eigenvalue weighted by Gasteiger charge is 2.24. The summed E-state index contributed by atoms with van der Waals surface area (Å²) in [6.45, 7) is 7.14. The molecule has 158 valence electrons. The Morgan fingerprint density at radius 2 is 1.96 bits per heavy atom. The second-order valence-electron chi connectivity index (χ2n) is 7.29. The zero-order valence-corrected chi connectivity index (χ0v) is 18.3. The van der Waals surface area contributed by atoms with Gasteiger partial charge in [0.25, 0.3) is 0 Å². The third kappa shape index (κ3) is 8.74. The molecule has 0 bridgehead atoms. The van der Waals surface area contributed by atoms with Gasteiger partial charge in [0.05, 0.1) is 6.10 Å². The van der Waals surface area contributed by atoms with Crippen molar-refractivity contribution < 1.29 is 8.95 Å². The van der Waals surface area contributed by atoms with Crippen molar-refractivity contribution in [3.8, 4) is 0 Å². The minimum atomic E-state index is -0.874. The predicted molar refractivity (Wildman–Crippen MR) is 119 cm³/mol. The molecule has 0 aliphatic heterocycles. The van der Waals surface area contributed by atoms with Crippen LogP contribution in [0, 0.1) is 5.92 Å². The van der Waals surface area contributed by atoms with Crippen molar-refractivity contribution in [2.75, 3.05) is 32.0 Å². The van der Waals surface area contributed by atoms with Crippen LogP contribution in [0.1, 0.15) is 51.5 Å². The molecule has 1 aromatic rings. The van der Waals surface area contributed by atoms with E-state index in [0.29, 0.717) is 30.1 Å². The van der Waals surface area contributed by atoms with Crippen molar-refractivity contribution in [1.82, 2.24) is 10.6 Å². The fourth-order valence-corrected chi connectivity index (χ4v) is 4.80. The van der Waals surface area contributed by atoms with E-state index in [4.69, 9.17) is 9.73 Å². The first-order valence-corrected chi connectivity index (χ1v) is 12.2. The molecule has 0 heterocycles. The molecule has 0 aromatic heterocycles. The maximum atomic E-state index is 12.3. The van der Waals surface area contributed by atoms with Crippen LogP contribution in [0.3, 0.4) is 0 Å². The van der Waals surface area contributed by atoms with Crippen molar-refractivity contribution in [2.24, 2.45) is 10.9 Å². The van der Waals surface area contributed by atoms with Gasteiger partial charge in [0.2, 0.25) is 0 Å². The molecule has 0 amide bonds. The molecule has 5 nitrogen and oxygen atoms in total. The monoisotopic (exact) mass is 407 g/mol. The molecule has 0 spiro atoms. The number of hydrogen-bond acceptors (Lipinski definition) is 3. The number of benzene rings is 1. The van der Waals surface area contributed by atoms with Gasteiger partial charge in [-0.2, -0.15) is 0 Å². The van der Waals surface area contributed by atoms with Crippen molar-refractivity contribution >= 4 is 16.8 Å². The number of ether oxygens (including phenoxy) is 1. The lowest BCUT2D eigenvalue weighted by molar-refractivity contribution is 0.0177. The lowest BCUT2D eigenvalue weighted by Crippen LogP contribution is -2.39. The molecule has 28 heavy (non-hydrogen) atoms. The fraction of sp³-hybridized carbons (Fsp3) is 0.682. The zero-order chi connectivity index (χ0) is 20.0. The molecular weight excluding hydrogens is 370 g/mol. The highest BCUT2D eigenvalue weighted by Crippen LogP contribution is 2.30. The Kier molecular flexibility index (Phi) is 11.2. The lowest BCUT2D eigenvalue weighted by atomic mass is 9.98. The second-order valence-corrected chi connectivity index (χ2v) is 8.86. The maximum Gasteiger partial charge on any atom is 0.191 e. The number of aliphatic imine (C=N–C) groups is 1. The average molecular weight is 408 g/mol. The smallest absolute Gasteiger partial charge is 0.191 e. The number of guanidine groups is 1. The summed E-state index contributed by atoms with van der Waals surface area (Å²) < 4.78 is 18.3. The molecule has 1 saturated carbocycles. The summed E-state index contributed by atoms with van der Waals surface area (Å²) in [6.07, 6.45) is 6.55. The van der Waals surface area contributed by atoms with Crippen molar-refractivity contribution in [3.63, 3.8) is 0 Å². The molecule has 1 fully saturated rings. The van der Waals surface area contributed by atoms with E-state index < -0.39 is 10.8 Å². The Morgan fingerprint density at radius 3 is 2.64 bits per heavy atom. The SMILES string of the molecule is CCNC(=NCCC(OCC)C1CCCC1)NCCS(=O)Cc1ccccc1. The summed E-state index contributed by atoms with van der Waals surface area (Å²) in [5, 5.41) is 6.60. The first kappa shape index (κ1) is 22.9. The molecule has 0 saturated heterocycles. The average Bonchev–Trinajstić information content (AvgIpc) is 3.23. The van der Waals surface area contributed by atoms with E-state index in [0.717, 1.165) is 37.6 Å². The van der Waals surface area contributed by atoms with Crippen LogP contribution < -0.4 is 10.6 Å². The molecular formula is C22H37N3O2S. The van der Waals surface area contributed by atoms with Crippen LogP contribution in [0.5, 0.6) is 0 Å². The molecule has 2 atom stereocenters. The first-order chi connectivity index (χ1) is 13.7. The van der Waals surface area contributed by atoms with Gasteiger partial charge in [-0.25, -0.2) is 0 Å². The van der Waals surface area contributed by atoms with Gasteiger partial charge in [0.15, 0.2) is 5.96 Å². The molecule has 1 aromatic carbocycles. The summed E-state index contributed by atoms with van der Waals surface area (Å²) >= 11 is 0.